The Morgan fingerprint density at radius 2 is 1.77 bits per heavy atom. The summed E-state index contributed by atoms with van der Waals surface area (Å²) in [5.74, 6) is 0. The average Bonchev–Trinajstić information content (AvgIpc) is 2.83. The van der Waals surface area contributed by atoms with E-state index in [1.165, 1.54) is 22.7 Å². The molecule has 2 aromatic rings. The van der Waals surface area contributed by atoms with E-state index < -0.39 is 13.7 Å². The van der Waals surface area contributed by atoms with Gasteiger partial charge >= 0.3 is 0 Å². The molecule has 26 heavy (non-hydrogen) atoms. The minimum Gasteiger partial charge on any atom is -0.373 e. The molecule has 0 N–H and O–H groups in total. The molecular weight excluding hydrogens is 336 g/mol. The van der Waals surface area contributed by atoms with Crippen LogP contribution >= 0.6 is 0 Å². The van der Waals surface area contributed by atoms with Crippen molar-refractivity contribution in [3.63, 3.8) is 0 Å². The number of benzene rings is 2. The Bertz CT molecular complexity index is 806. The molecule has 0 saturated carbocycles. The second-order valence-corrected chi connectivity index (χ2v) is 14.3. The second kappa shape index (κ2) is 6.80. The Morgan fingerprint density at radius 3 is 2.54 bits per heavy atom. The summed E-state index contributed by atoms with van der Waals surface area (Å²) in [7, 11) is -1.16. The van der Waals surface area contributed by atoms with E-state index in [0.29, 0.717) is 13.2 Å². The van der Waals surface area contributed by atoms with Crippen LogP contribution in [-0.2, 0) is 21.7 Å². The summed E-state index contributed by atoms with van der Waals surface area (Å²) >= 11 is 0. The summed E-state index contributed by atoms with van der Waals surface area (Å²) < 4.78 is 12.7. The van der Waals surface area contributed by atoms with Gasteiger partial charge in [0.25, 0.3) is 0 Å². The molecule has 2 nitrogen and oxygen atoms in total. The molecule has 2 aromatic carbocycles. The van der Waals surface area contributed by atoms with Gasteiger partial charge in [0.05, 0.1) is 19.3 Å². The van der Waals surface area contributed by atoms with Crippen LogP contribution in [0.3, 0.4) is 0 Å². The maximum atomic E-state index is 6.55. The second-order valence-electron chi connectivity index (χ2n) is 8.81. The largest absolute Gasteiger partial charge is 0.373 e. The molecule has 0 spiro atoms. The van der Waals surface area contributed by atoms with Crippen molar-refractivity contribution in [3.8, 4) is 0 Å². The smallest absolute Gasteiger partial charge is 0.136 e. The predicted molar refractivity (Wildman–Crippen MR) is 109 cm³/mol. The third-order valence-electron chi connectivity index (χ3n) is 5.19. The summed E-state index contributed by atoms with van der Waals surface area (Å²) in [6, 6.07) is 20.3. The van der Waals surface area contributed by atoms with Gasteiger partial charge in [0.15, 0.2) is 0 Å². The molecule has 0 aliphatic carbocycles. The van der Waals surface area contributed by atoms with Gasteiger partial charge < -0.3 is 9.47 Å². The van der Waals surface area contributed by atoms with Crippen LogP contribution in [0.15, 0.2) is 66.2 Å². The van der Waals surface area contributed by atoms with Crippen molar-refractivity contribution in [3.05, 3.63) is 82.9 Å². The fourth-order valence-corrected chi connectivity index (χ4v) is 5.90. The van der Waals surface area contributed by atoms with Crippen molar-refractivity contribution in [2.45, 2.75) is 50.4 Å². The summed E-state index contributed by atoms with van der Waals surface area (Å²) in [6.07, 6.45) is 3.60. The average molecular weight is 365 g/mol. The number of fused-ring (bicyclic) bond motifs is 5. The summed E-state index contributed by atoms with van der Waals surface area (Å²) in [4.78, 5) is 0. The van der Waals surface area contributed by atoms with Crippen molar-refractivity contribution in [2.75, 3.05) is 6.61 Å². The number of hydrogen-bond donors (Lipinski definition) is 0. The normalized spacial score (nSPS) is 24.3. The zero-order valence-corrected chi connectivity index (χ0v) is 17.0. The van der Waals surface area contributed by atoms with Crippen LogP contribution in [-0.4, -0.2) is 14.7 Å². The fourth-order valence-electron chi connectivity index (χ4n) is 4.29. The molecule has 2 heterocycles. The molecular formula is C23H28O2Si. The highest BCUT2D eigenvalue weighted by Crippen LogP contribution is 2.52. The molecule has 3 heteroatoms. The molecule has 2 aliphatic heterocycles. The summed E-state index contributed by atoms with van der Waals surface area (Å²) in [5.41, 5.74) is 4.98. The van der Waals surface area contributed by atoms with E-state index in [-0.39, 0.29) is 6.10 Å². The molecule has 2 atom stereocenters. The van der Waals surface area contributed by atoms with E-state index in [4.69, 9.17) is 9.47 Å². The SMILES string of the molecule is C[Si](C)(C)CC1=C[C@@]2(COCc3ccccc3)O[C@@H](C1)c1ccccc12. The molecule has 0 saturated heterocycles. The first-order valence-electron chi connectivity index (χ1n) is 9.55. The first kappa shape index (κ1) is 17.7. The minimum absolute atomic E-state index is 0.183. The van der Waals surface area contributed by atoms with Gasteiger partial charge in [-0.05, 0) is 35.2 Å². The van der Waals surface area contributed by atoms with Gasteiger partial charge in [-0.1, -0.05) is 79.8 Å². The van der Waals surface area contributed by atoms with Crippen molar-refractivity contribution >= 4 is 8.07 Å². The predicted octanol–water partition coefficient (Wildman–Crippen LogP) is 5.84. The van der Waals surface area contributed by atoms with Crippen LogP contribution in [0.5, 0.6) is 0 Å². The zero-order chi connectivity index (χ0) is 18.2. The quantitative estimate of drug-likeness (QED) is 0.474. The summed E-state index contributed by atoms with van der Waals surface area (Å²) in [5, 5.41) is 0. The van der Waals surface area contributed by atoms with E-state index in [0.717, 1.165) is 6.42 Å². The Morgan fingerprint density at radius 1 is 1.04 bits per heavy atom. The van der Waals surface area contributed by atoms with Crippen molar-refractivity contribution in [1.82, 2.24) is 0 Å². The molecule has 2 aliphatic rings. The van der Waals surface area contributed by atoms with Crippen LogP contribution in [0.2, 0.25) is 25.7 Å². The highest BCUT2D eigenvalue weighted by molar-refractivity contribution is 6.76. The van der Waals surface area contributed by atoms with E-state index in [1.54, 1.807) is 5.57 Å². The van der Waals surface area contributed by atoms with Gasteiger partial charge in [-0.3, -0.25) is 0 Å². The van der Waals surface area contributed by atoms with E-state index in [9.17, 15) is 0 Å². The van der Waals surface area contributed by atoms with Crippen molar-refractivity contribution in [1.29, 1.82) is 0 Å². The lowest BCUT2D eigenvalue weighted by Gasteiger charge is -2.34. The van der Waals surface area contributed by atoms with Crippen molar-refractivity contribution in [2.24, 2.45) is 0 Å². The van der Waals surface area contributed by atoms with E-state index in [2.05, 4.69) is 74.2 Å². The van der Waals surface area contributed by atoms with Gasteiger partial charge in [-0.15, -0.1) is 0 Å². The molecule has 0 fully saturated rings. The van der Waals surface area contributed by atoms with Gasteiger partial charge in [0, 0.05) is 8.07 Å². The zero-order valence-electron chi connectivity index (χ0n) is 16.0. The van der Waals surface area contributed by atoms with Crippen LogP contribution in [0.1, 0.15) is 29.2 Å². The Hall–Kier alpha value is -1.68. The molecule has 0 unspecified atom stereocenters. The first-order chi connectivity index (χ1) is 12.5. The topological polar surface area (TPSA) is 18.5 Å². The minimum atomic E-state index is -1.16. The molecule has 4 rings (SSSR count). The fraction of sp³-hybridized carbons (Fsp3) is 0.391. The highest BCUT2D eigenvalue weighted by Gasteiger charge is 2.47. The van der Waals surface area contributed by atoms with Crippen LogP contribution < -0.4 is 0 Å². The first-order valence-corrected chi connectivity index (χ1v) is 13.3. The number of ether oxygens (including phenoxy) is 2. The lowest BCUT2D eigenvalue weighted by molar-refractivity contribution is -0.102. The molecule has 136 valence electrons. The lowest BCUT2D eigenvalue weighted by atomic mass is 9.92. The van der Waals surface area contributed by atoms with Crippen molar-refractivity contribution < 1.29 is 9.47 Å². The van der Waals surface area contributed by atoms with Gasteiger partial charge in [0.2, 0.25) is 0 Å². The van der Waals surface area contributed by atoms with Gasteiger partial charge in [-0.2, -0.15) is 0 Å². The molecule has 0 radical (unpaired) electrons. The number of hydrogen-bond acceptors (Lipinski definition) is 2. The van der Waals surface area contributed by atoms with Crippen LogP contribution in [0.25, 0.3) is 0 Å². The third kappa shape index (κ3) is 3.57. The van der Waals surface area contributed by atoms with Gasteiger partial charge in [0.1, 0.15) is 5.60 Å². The molecule has 0 aromatic heterocycles. The third-order valence-corrected chi connectivity index (χ3v) is 6.70. The van der Waals surface area contributed by atoms with Crippen LogP contribution in [0.4, 0.5) is 0 Å². The number of rotatable bonds is 6. The van der Waals surface area contributed by atoms with E-state index in [1.807, 2.05) is 6.07 Å². The summed E-state index contributed by atoms with van der Waals surface area (Å²) in [6.45, 7) is 8.52. The Balaban J connectivity index is 1.59. The Kier molecular flexibility index (Phi) is 4.64. The molecule has 0 amide bonds. The monoisotopic (exact) mass is 364 g/mol. The van der Waals surface area contributed by atoms with Gasteiger partial charge in [-0.25, -0.2) is 0 Å². The van der Waals surface area contributed by atoms with Crippen LogP contribution in [0, 0.1) is 0 Å². The van der Waals surface area contributed by atoms with E-state index >= 15 is 0 Å². The lowest BCUT2D eigenvalue weighted by Crippen LogP contribution is -2.33. The highest BCUT2D eigenvalue weighted by atomic mass is 28.3. The maximum Gasteiger partial charge on any atom is 0.136 e. The maximum absolute atomic E-state index is 6.55. The standard InChI is InChI=1S/C23H28O2Si/c1-26(2,3)16-19-13-22-20-11-7-8-12-21(20)23(14-19,25-22)17-24-15-18-9-5-4-6-10-18/h4-12,14,22H,13,15-17H2,1-3H3/t22-,23-/m0/s1. The Labute approximate surface area is 157 Å². The molecule has 2 bridgehead atoms.